The van der Waals surface area contributed by atoms with Crippen LogP contribution in [0.2, 0.25) is 0 Å². The molecule has 0 aliphatic carbocycles. The molecule has 1 aromatic carbocycles. The molecule has 0 bridgehead atoms. The standard InChI is InChI=1S/C13H8BrF6NOS/c1-21-11-8(9(22)10(23-11)13(18,19)20)5-2-3-7(14)6(4-5)12(15,16)17/h2-4,21-22H,1H3. The lowest BCUT2D eigenvalue weighted by Crippen LogP contribution is -2.06. The summed E-state index contributed by atoms with van der Waals surface area (Å²) in [5, 5.41) is 12.2. The fourth-order valence-corrected chi connectivity index (χ4v) is 3.37. The summed E-state index contributed by atoms with van der Waals surface area (Å²) < 4.78 is 77.1. The maximum Gasteiger partial charge on any atom is 0.429 e. The van der Waals surface area contributed by atoms with Crippen LogP contribution in [0.5, 0.6) is 5.75 Å². The maximum atomic E-state index is 12.9. The van der Waals surface area contributed by atoms with Crippen molar-refractivity contribution >= 4 is 32.3 Å². The van der Waals surface area contributed by atoms with Crippen LogP contribution >= 0.6 is 27.3 Å². The molecular weight excluding hydrogens is 412 g/mol. The van der Waals surface area contributed by atoms with Crippen molar-refractivity contribution in [2.45, 2.75) is 12.4 Å². The fraction of sp³-hybridized carbons (Fsp3) is 0.231. The van der Waals surface area contributed by atoms with E-state index in [0.29, 0.717) is 6.07 Å². The molecule has 23 heavy (non-hydrogen) atoms. The number of halogens is 7. The molecule has 1 heterocycles. The third kappa shape index (κ3) is 3.42. The Morgan fingerprint density at radius 1 is 1.09 bits per heavy atom. The van der Waals surface area contributed by atoms with Crippen LogP contribution in [-0.2, 0) is 12.4 Å². The molecule has 0 aliphatic heterocycles. The first-order valence-corrected chi connectivity index (χ1v) is 7.55. The molecule has 1 aromatic heterocycles. The topological polar surface area (TPSA) is 32.3 Å². The lowest BCUT2D eigenvalue weighted by Gasteiger charge is -2.12. The van der Waals surface area contributed by atoms with Gasteiger partial charge in [-0.05, 0) is 17.7 Å². The minimum Gasteiger partial charge on any atom is -0.506 e. The fourth-order valence-electron chi connectivity index (χ4n) is 1.96. The van der Waals surface area contributed by atoms with Gasteiger partial charge in [-0.1, -0.05) is 22.0 Å². The highest BCUT2D eigenvalue weighted by molar-refractivity contribution is 9.10. The monoisotopic (exact) mass is 419 g/mol. The van der Waals surface area contributed by atoms with Crippen LogP contribution in [0.1, 0.15) is 10.4 Å². The molecule has 2 nitrogen and oxygen atoms in total. The lowest BCUT2D eigenvalue weighted by molar-refractivity contribution is -0.138. The van der Waals surface area contributed by atoms with E-state index in [0.717, 1.165) is 6.07 Å². The van der Waals surface area contributed by atoms with Crippen LogP contribution in [0.4, 0.5) is 31.3 Å². The van der Waals surface area contributed by atoms with E-state index in [9.17, 15) is 31.4 Å². The summed E-state index contributed by atoms with van der Waals surface area (Å²) in [6.07, 6.45) is -9.49. The predicted molar refractivity (Wildman–Crippen MR) is 78.7 cm³/mol. The third-order valence-corrected chi connectivity index (χ3v) is 4.86. The van der Waals surface area contributed by atoms with Gasteiger partial charge in [0.25, 0.3) is 0 Å². The van der Waals surface area contributed by atoms with Crippen molar-refractivity contribution in [1.29, 1.82) is 0 Å². The Balaban J connectivity index is 2.70. The summed E-state index contributed by atoms with van der Waals surface area (Å²) >= 11 is 2.98. The minimum absolute atomic E-state index is 0.0785. The van der Waals surface area contributed by atoms with Crippen LogP contribution in [0.25, 0.3) is 11.1 Å². The average molecular weight is 420 g/mol. The zero-order valence-electron chi connectivity index (χ0n) is 11.2. The molecule has 126 valence electrons. The second-order valence-electron chi connectivity index (χ2n) is 4.42. The van der Waals surface area contributed by atoms with Gasteiger partial charge in [-0.15, -0.1) is 11.3 Å². The molecule has 0 saturated heterocycles. The Morgan fingerprint density at radius 3 is 2.17 bits per heavy atom. The smallest absolute Gasteiger partial charge is 0.429 e. The van der Waals surface area contributed by atoms with Crippen LogP contribution in [0.15, 0.2) is 22.7 Å². The van der Waals surface area contributed by atoms with Gasteiger partial charge in [0.15, 0.2) is 4.88 Å². The SMILES string of the molecule is CNc1sc(C(F)(F)F)c(O)c1-c1ccc(Br)c(C(F)(F)F)c1. The van der Waals surface area contributed by atoms with E-state index in [1.165, 1.54) is 13.1 Å². The number of hydrogen-bond acceptors (Lipinski definition) is 3. The maximum absolute atomic E-state index is 12.9. The van der Waals surface area contributed by atoms with Crippen molar-refractivity contribution in [3.05, 3.63) is 33.1 Å². The Kier molecular flexibility index (Phi) is 4.60. The molecule has 0 aliphatic rings. The lowest BCUT2D eigenvalue weighted by atomic mass is 10.0. The highest BCUT2D eigenvalue weighted by Gasteiger charge is 2.39. The quantitative estimate of drug-likeness (QED) is 0.588. The molecule has 0 saturated carbocycles. The molecule has 10 heteroatoms. The zero-order valence-corrected chi connectivity index (χ0v) is 13.6. The van der Waals surface area contributed by atoms with Crippen LogP contribution < -0.4 is 5.32 Å². The van der Waals surface area contributed by atoms with Crippen molar-refractivity contribution < 1.29 is 31.4 Å². The van der Waals surface area contributed by atoms with Crippen molar-refractivity contribution in [1.82, 2.24) is 0 Å². The number of nitrogens with one attached hydrogen (secondary N) is 1. The summed E-state index contributed by atoms with van der Waals surface area (Å²) in [5.41, 5.74) is -1.53. The molecule has 2 N–H and O–H groups in total. The number of benzene rings is 1. The number of aromatic hydroxyl groups is 1. The van der Waals surface area contributed by atoms with Gasteiger partial charge in [0.05, 0.1) is 11.1 Å². The molecule has 0 unspecified atom stereocenters. The first kappa shape index (κ1) is 17.9. The van der Waals surface area contributed by atoms with Crippen molar-refractivity contribution in [2.75, 3.05) is 12.4 Å². The summed E-state index contributed by atoms with van der Waals surface area (Å²) in [4.78, 5) is -1.27. The van der Waals surface area contributed by atoms with Gasteiger partial charge < -0.3 is 10.4 Å². The van der Waals surface area contributed by atoms with Gasteiger partial charge in [-0.3, -0.25) is 0 Å². The van der Waals surface area contributed by atoms with Crippen LogP contribution in [0.3, 0.4) is 0 Å². The van der Waals surface area contributed by atoms with Crippen LogP contribution in [-0.4, -0.2) is 12.2 Å². The van der Waals surface area contributed by atoms with Crippen molar-refractivity contribution in [2.24, 2.45) is 0 Å². The zero-order chi connectivity index (χ0) is 17.6. The van der Waals surface area contributed by atoms with Gasteiger partial charge in [0, 0.05) is 11.5 Å². The molecule has 2 aromatic rings. The second kappa shape index (κ2) is 5.90. The van der Waals surface area contributed by atoms with Gasteiger partial charge in [0.2, 0.25) is 0 Å². The summed E-state index contributed by atoms with van der Waals surface area (Å²) in [7, 11) is 1.32. The van der Waals surface area contributed by atoms with Crippen LogP contribution in [0, 0.1) is 0 Å². The normalized spacial score (nSPS) is 12.5. The van der Waals surface area contributed by atoms with E-state index in [2.05, 4.69) is 21.2 Å². The van der Waals surface area contributed by atoms with E-state index < -0.39 is 28.5 Å². The second-order valence-corrected chi connectivity index (χ2v) is 6.30. The summed E-state index contributed by atoms with van der Waals surface area (Å²) in [6.45, 7) is 0. The molecule has 0 radical (unpaired) electrons. The van der Waals surface area contributed by atoms with Gasteiger partial charge >= 0.3 is 12.4 Å². The number of thiophene rings is 1. The summed E-state index contributed by atoms with van der Waals surface area (Å²) in [6, 6.07) is 2.96. The molecule has 0 amide bonds. The number of hydrogen-bond donors (Lipinski definition) is 2. The highest BCUT2D eigenvalue weighted by atomic mass is 79.9. The number of anilines is 1. The van der Waals surface area contributed by atoms with Gasteiger partial charge in [0.1, 0.15) is 10.8 Å². The molecular formula is C13H8BrF6NOS. The van der Waals surface area contributed by atoms with E-state index in [-0.39, 0.29) is 31.9 Å². The Morgan fingerprint density at radius 2 is 1.70 bits per heavy atom. The minimum atomic E-state index is -4.80. The van der Waals surface area contributed by atoms with Crippen molar-refractivity contribution in [3.63, 3.8) is 0 Å². The Hall–Kier alpha value is -1.42. The van der Waals surface area contributed by atoms with Gasteiger partial charge in [-0.2, -0.15) is 26.3 Å². The first-order chi connectivity index (χ1) is 10.5. The molecule has 0 fully saturated rings. The Bertz CT molecular complexity index is 737. The highest BCUT2D eigenvalue weighted by Crippen LogP contribution is 2.52. The van der Waals surface area contributed by atoms with E-state index >= 15 is 0 Å². The molecule has 0 spiro atoms. The molecule has 2 rings (SSSR count). The predicted octanol–water partition coefficient (Wildman–Crippen LogP) is 5.96. The number of alkyl halides is 6. The first-order valence-electron chi connectivity index (χ1n) is 5.94. The largest absolute Gasteiger partial charge is 0.506 e. The van der Waals surface area contributed by atoms with Gasteiger partial charge in [-0.25, -0.2) is 0 Å². The summed E-state index contributed by atoms with van der Waals surface area (Å²) in [5.74, 6) is -1.10. The third-order valence-electron chi connectivity index (χ3n) is 2.93. The van der Waals surface area contributed by atoms with E-state index in [1.54, 1.807) is 0 Å². The van der Waals surface area contributed by atoms with E-state index in [1.807, 2.05) is 0 Å². The van der Waals surface area contributed by atoms with E-state index in [4.69, 9.17) is 0 Å². The Labute approximate surface area is 138 Å². The average Bonchev–Trinajstić information content (AvgIpc) is 2.75. The number of rotatable bonds is 2. The molecule has 0 atom stereocenters. The van der Waals surface area contributed by atoms with Crippen molar-refractivity contribution in [3.8, 4) is 16.9 Å².